The monoisotopic (exact) mass is 475 g/mol. The van der Waals surface area contributed by atoms with Crippen LogP contribution in [-0.2, 0) is 4.74 Å². The number of aliphatic hydroxyl groups is 1. The van der Waals surface area contributed by atoms with Crippen molar-refractivity contribution in [2.75, 3.05) is 13.2 Å². The summed E-state index contributed by atoms with van der Waals surface area (Å²) in [6.07, 6.45) is 10.8. The summed E-state index contributed by atoms with van der Waals surface area (Å²) in [6.45, 7) is 7.63. The SMILES string of the molecule is CC(O)CC(C)[C@@H](C)COC1CCC/C(=C/c2nc3cc(F)c(OCC4CC4)cc3s2)CC1. The van der Waals surface area contributed by atoms with Crippen LogP contribution < -0.4 is 4.74 Å². The van der Waals surface area contributed by atoms with E-state index in [0.29, 0.717) is 41.7 Å². The van der Waals surface area contributed by atoms with Gasteiger partial charge in [0, 0.05) is 18.7 Å². The Balaban J connectivity index is 1.32. The minimum absolute atomic E-state index is 0.256. The Bertz CT molecular complexity index is 952. The van der Waals surface area contributed by atoms with E-state index in [9.17, 15) is 9.50 Å². The zero-order valence-corrected chi connectivity index (χ0v) is 21.0. The minimum Gasteiger partial charge on any atom is -0.490 e. The molecule has 0 saturated heterocycles. The molecule has 6 heteroatoms. The molecule has 0 spiro atoms. The van der Waals surface area contributed by atoms with E-state index in [4.69, 9.17) is 9.47 Å². The van der Waals surface area contributed by atoms with E-state index >= 15 is 0 Å². The predicted octanol–water partition coefficient (Wildman–Crippen LogP) is 7.00. The van der Waals surface area contributed by atoms with Gasteiger partial charge in [-0.25, -0.2) is 9.37 Å². The number of hydrogen-bond donors (Lipinski definition) is 1. The van der Waals surface area contributed by atoms with Crippen molar-refractivity contribution in [3.05, 3.63) is 28.5 Å². The molecule has 0 radical (unpaired) electrons. The summed E-state index contributed by atoms with van der Waals surface area (Å²) < 4.78 is 27.3. The van der Waals surface area contributed by atoms with Gasteiger partial charge in [0.05, 0.1) is 29.0 Å². The second kappa shape index (κ2) is 11.3. The van der Waals surface area contributed by atoms with Crippen LogP contribution in [0, 0.1) is 23.6 Å². The van der Waals surface area contributed by atoms with Crippen molar-refractivity contribution in [3.8, 4) is 5.75 Å². The Hall–Kier alpha value is -1.50. The standard InChI is InChI=1S/C27H38FNO3S/c1-17(11-19(3)30)18(2)15-31-22-6-4-5-20(9-10-22)12-27-29-24-13-23(28)25(14-26(24)33-27)32-16-21-7-8-21/h12-14,17-19,21-22,30H,4-11,15-16H2,1-3H3/b20-12-/t17?,18-,19?,22?/m0/s1. The number of halogens is 1. The van der Waals surface area contributed by atoms with Gasteiger partial charge in [-0.15, -0.1) is 11.3 Å². The second-order valence-corrected chi connectivity index (χ2v) is 11.3. The van der Waals surface area contributed by atoms with Gasteiger partial charge >= 0.3 is 0 Å². The van der Waals surface area contributed by atoms with E-state index in [1.807, 2.05) is 13.0 Å². The number of ether oxygens (including phenoxy) is 2. The third kappa shape index (κ3) is 7.24. The van der Waals surface area contributed by atoms with Gasteiger partial charge in [-0.05, 0) is 82.1 Å². The zero-order chi connectivity index (χ0) is 23.4. The molecule has 1 N–H and O–H groups in total. The molecule has 1 aromatic heterocycles. The highest BCUT2D eigenvalue weighted by molar-refractivity contribution is 7.19. The van der Waals surface area contributed by atoms with Crippen LogP contribution in [0.5, 0.6) is 5.75 Å². The molecule has 2 saturated carbocycles. The number of thiazole rings is 1. The van der Waals surface area contributed by atoms with Gasteiger partial charge in [-0.1, -0.05) is 19.4 Å². The number of aliphatic hydroxyl groups excluding tert-OH is 1. The van der Waals surface area contributed by atoms with E-state index in [2.05, 4.69) is 24.9 Å². The Morgan fingerprint density at radius 3 is 2.73 bits per heavy atom. The molecule has 0 aliphatic heterocycles. The van der Waals surface area contributed by atoms with Crippen LogP contribution >= 0.6 is 11.3 Å². The second-order valence-electron chi connectivity index (χ2n) is 10.3. The number of nitrogens with zero attached hydrogens (tertiary/aromatic N) is 1. The lowest BCUT2D eigenvalue weighted by atomic mass is 9.91. The highest BCUT2D eigenvalue weighted by Crippen LogP contribution is 2.34. The normalized spacial score (nSPS) is 23.4. The van der Waals surface area contributed by atoms with Crippen LogP contribution in [0.15, 0.2) is 17.7 Å². The van der Waals surface area contributed by atoms with Crippen LogP contribution in [0.4, 0.5) is 4.39 Å². The lowest BCUT2D eigenvalue weighted by Gasteiger charge is -2.24. The van der Waals surface area contributed by atoms with E-state index in [-0.39, 0.29) is 11.9 Å². The van der Waals surface area contributed by atoms with Crippen molar-refractivity contribution >= 4 is 27.6 Å². The summed E-state index contributed by atoms with van der Waals surface area (Å²) in [6, 6.07) is 3.32. The molecule has 2 aliphatic rings. The van der Waals surface area contributed by atoms with Gasteiger partial charge in [0.1, 0.15) is 5.01 Å². The summed E-state index contributed by atoms with van der Waals surface area (Å²) in [7, 11) is 0. The first-order chi connectivity index (χ1) is 15.9. The van der Waals surface area contributed by atoms with Crippen LogP contribution in [0.2, 0.25) is 0 Å². The third-order valence-corrected chi connectivity index (χ3v) is 8.01. The fourth-order valence-corrected chi connectivity index (χ4v) is 5.46. The van der Waals surface area contributed by atoms with Gasteiger partial charge in [0.25, 0.3) is 0 Å². The fraction of sp³-hybridized carbons (Fsp3) is 0.667. The first-order valence-corrected chi connectivity index (χ1v) is 13.4. The van der Waals surface area contributed by atoms with Gasteiger partial charge < -0.3 is 14.6 Å². The molecule has 4 atom stereocenters. The number of fused-ring (bicyclic) bond motifs is 1. The summed E-state index contributed by atoms with van der Waals surface area (Å²) in [5, 5.41) is 10.6. The molecule has 182 valence electrons. The largest absolute Gasteiger partial charge is 0.490 e. The summed E-state index contributed by atoms with van der Waals surface area (Å²) in [5.74, 6) is 1.53. The molecule has 3 unspecified atom stereocenters. The topological polar surface area (TPSA) is 51.6 Å². The smallest absolute Gasteiger partial charge is 0.167 e. The van der Waals surface area contributed by atoms with Crippen molar-refractivity contribution in [1.29, 1.82) is 0 Å². The Labute approximate surface area is 201 Å². The summed E-state index contributed by atoms with van der Waals surface area (Å²) in [4.78, 5) is 4.66. The lowest BCUT2D eigenvalue weighted by molar-refractivity contribution is 0.00859. The van der Waals surface area contributed by atoms with Crippen LogP contribution in [0.25, 0.3) is 16.3 Å². The average Bonchev–Trinajstić information content (AvgIpc) is 3.54. The molecule has 1 heterocycles. The first-order valence-electron chi connectivity index (χ1n) is 12.6. The molecule has 33 heavy (non-hydrogen) atoms. The maximum absolute atomic E-state index is 14.4. The number of allylic oxidation sites excluding steroid dienone is 1. The molecule has 2 aromatic rings. The quantitative estimate of drug-likeness (QED) is 0.376. The Kier molecular flexibility index (Phi) is 8.42. The third-order valence-electron chi connectivity index (χ3n) is 7.05. The Morgan fingerprint density at radius 2 is 1.97 bits per heavy atom. The van der Waals surface area contributed by atoms with Crippen LogP contribution in [-0.4, -0.2) is 35.5 Å². The molecule has 2 aliphatic carbocycles. The van der Waals surface area contributed by atoms with E-state index in [0.717, 1.165) is 54.8 Å². The van der Waals surface area contributed by atoms with Crippen LogP contribution in [0.3, 0.4) is 0 Å². The van der Waals surface area contributed by atoms with Crippen molar-refractivity contribution in [3.63, 3.8) is 0 Å². The van der Waals surface area contributed by atoms with Gasteiger partial charge in [0.15, 0.2) is 11.6 Å². The van der Waals surface area contributed by atoms with Gasteiger partial charge in [-0.2, -0.15) is 0 Å². The van der Waals surface area contributed by atoms with Crippen molar-refractivity contribution in [2.24, 2.45) is 17.8 Å². The zero-order valence-electron chi connectivity index (χ0n) is 20.2. The van der Waals surface area contributed by atoms with Crippen molar-refractivity contribution in [2.45, 2.75) is 84.3 Å². The predicted molar refractivity (Wildman–Crippen MR) is 133 cm³/mol. The minimum atomic E-state index is -0.320. The number of aromatic nitrogens is 1. The maximum atomic E-state index is 14.4. The molecule has 0 bridgehead atoms. The Morgan fingerprint density at radius 1 is 1.15 bits per heavy atom. The fourth-order valence-electron chi connectivity index (χ4n) is 4.49. The maximum Gasteiger partial charge on any atom is 0.167 e. The average molecular weight is 476 g/mol. The molecule has 0 amide bonds. The lowest BCUT2D eigenvalue weighted by Crippen LogP contribution is -2.22. The molecular formula is C27H38FNO3S. The van der Waals surface area contributed by atoms with E-state index in [1.54, 1.807) is 11.3 Å². The molecule has 4 rings (SSSR count). The molecular weight excluding hydrogens is 437 g/mol. The first kappa shape index (κ1) is 24.6. The van der Waals surface area contributed by atoms with E-state index in [1.165, 1.54) is 24.5 Å². The number of hydrogen-bond acceptors (Lipinski definition) is 5. The van der Waals surface area contributed by atoms with Gasteiger partial charge in [0.2, 0.25) is 0 Å². The van der Waals surface area contributed by atoms with E-state index < -0.39 is 0 Å². The summed E-state index contributed by atoms with van der Waals surface area (Å²) >= 11 is 1.61. The number of benzene rings is 1. The van der Waals surface area contributed by atoms with Gasteiger partial charge in [-0.3, -0.25) is 0 Å². The van der Waals surface area contributed by atoms with Crippen LogP contribution in [0.1, 0.15) is 77.1 Å². The van der Waals surface area contributed by atoms with Crippen molar-refractivity contribution in [1.82, 2.24) is 4.98 Å². The molecule has 1 aromatic carbocycles. The molecule has 4 nitrogen and oxygen atoms in total. The number of rotatable bonds is 10. The highest BCUT2D eigenvalue weighted by atomic mass is 32.1. The molecule has 2 fully saturated rings. The summed E-state index contributed by atoms with van der Waals surface area (Å²) in [5.41, 5.74) is 2.11. The highest BCUT2D eigenvalue weighted by Gasteiger charge is 2.23. The van der Waals surface area contributed by atoms with Crippen molar-refractivity contribution < 1.29 is 19.0 Å².